The first-order chi connectivity index (χ1) is 11.6. The highest BCUT2D eigenvalue weighted by Crippen LogP contribution is 2.13. The van der Waals surface area contributed by atoms with Crippen molar-refractivity contribution in [2.45, 2.75) is 6.04 Å². The van der Waals surface area contributed by atoms with Crippen molar-refractivity contribution < 1.29 is 14.4 Å². The van der Waals surface area contributed by atoms with E-state index in [4.69, 9.17) is 10.00 Å². The minimum absolute atomic E-state index is 0.0575. The van der Waals surface area contributed by atoms with Gasteiger partial charge in [-0.05, 0) is 29.8 Å². The Labute approximate surface area is 142 Å². The molecule has 0 aliphatic carbocycles. The van der Waals surface area contributed by atoms with Gasteiger partial charge in [-0.1, -0.05) is 30.3 Å². The van der Waals surface area contributed by atoms with E-state index in [-0.39, 0.29) is 18.6 Å². The molecule has 0 saturated heterocycles. The minimum Gasteiger partial charge on any atom is -0.484 e. The van der Waals surface area contributed by atoms with E-state index in [0.29, 0.717) is 11.3 Å². The van der Waals surface area contributed by atoms with E-state index in [1.54, 1.807) is 24.3 Å². The van der Waals surface area contributed by atoms with Crippen LogP contribution in [-0.2, 0) is 4.79 Å². The highest BCUT2D eigenvalue weighted by Gasteiger charge is 2.17. The Hall–Kier alpha value is -2.84. The molecule has 2 rings (SSSR count). The number of rotatable bonds is 7. The SMILES string of the molecule is C[NH+](C)C[C@@H](NC(=O)COc1ccc(C#N)cc1)c1ccccc1. The van der Waals surface area contributed by atoms with Gasteiger partial charge in [0.1, 0.15) is 18.3 Å². The molecule has 2 N–H and O–H groups in total. The molecular formula is C19H22N3O2+. The average molecular weight is 324 g/mol. The summed E-state index contributed by atoms with van der Waals surface area (Å²) in [6, 6.07) is 18.6. The van der Waals surface area contributed by atoms with E-state index in [0.717, 1.165) is 12.1 Å². The van der Waals surface area contributed by atoms with Gasteiger partial charge in [-0.3, -0.25) is 4.79 Å². The van der Waals surface area contributed by atoms with Gasteiger partial charge in [0.25, 0.3) is 5.91 Å². The molecule has 1 atom stereocenters. The number of amides is 1. The molecule has 0 aromatic heterocycles. The molecule has 5 nitrogen and oxygen atoms in total. The van der Waals surface area contributed by atoms with Crippen molar-refractivity contribution in [3.05, 3.63) is 65.7 Å². The Bertz CT molecular complexity index is 691. The maximum atomic E-state index is 12.2. The molecule has 5 heteroatoms. The fourth-order valence-electron chi connectivity index (χ4n) is 2.36. The standard InChI is InChI=1S/C19H21N3O2/c1-22(2)13-18(16-6-4-3-5-7-16)21-19(23)14-24-17-10-8-15(12-20)9-11-17/h3-11,18H,13-14H2,1-2H3,(H,21,23)/p+1/t18-/m1/s1. The van der Waals surface area contributed by atoms with Crippen molar-refractivity contribution in [3.8, 4) is 11.8 Å². The predicted molar refractivity (Wildman–Crippen MR) is 91.7 cm³/mol. The summed E-state index contributed by atoms with van der Waals surface area (Å²) < 4.78 is 5.48. The normalized spacial score (nSPS) is 11.6. The molecular weight excluding hydrogens is 302 g/mol. The number of benzene rings is 2. The third-order valence-corrected chi connectivity index (χ3v) is 3.50. The molecule has 0 unspecified atom stereocenters. The lowest BCUT2D eigenvalue weighted by molar-refractivity contribution is -0.860. The summed E-state index contributed by atoms with van der Waals surface area (Å²) in [4.78, 5) is 13.5. The van der Waals surface area contributed by atoms with Crippen LogP contribution in [0.4, 0.5) is 0 Å². The summed E-state index contributed by atoms with van der Waals surface area (Å²) in [6.07, 6.45) is 0. The molecule has 0 radical (unpaired) electrons. The largest absolute Gasteiger partial charge is 0.484 e. The quantitative estimate of drug-likeness (QED) is 0.796. The van der Waals surface area contributed by atoms with Crippen LogP contribution >= 0.6 is 0 Å². The first-order valence-corrected chi connectivity index (χ1v) is 7.85. The van der Waals surface area contributed by atoms with E-state index < -0.39 is 0 Å². The molecule has 0 aliphatic heterocycles. The van der Waals surface area contributed by atoms with Crippen LogP contribution < -0.4 is 15.0 Å². The Kier molecular flexibility index (Phi) is 6.35. The van der Waals surface area contributed by atoms with E-state index >= 15 is 0 Å². The van der Waals surface area contributed by atoms with Crippen LogP contribution in [-0.4, -0.2) is 33.2 Å². The fraction of sp³-hybridized carbons (Fsp3) is 0.263. The molecule has 2 aromatic carbocycles. The van der Waals surface area contributed by atoms with Gasteiger partial charge in [0, 0.05) is 0 Å². The summed E-state index contributed by atoms with van der Waals surface area (Å²) in [5.41, 5.74) is 1.63. The summed E-state index contributed by atoms with van der Waals surface area (Å²) in [6.45, 7) is 0.727. The zero-order valence-corrected chi connectivity index (χ0v) is 14.0. The van der Waals surface area contributed by atoms with Crippen LogP contribution in [0.25, 0.3) is 0 Å². The monoisotopic (exact) mass is 324 g/mol. The molecule has 0 fully saturated rings. The summed E-state index contributed by atoms with van der Waals surface area (Å²) in [5.74, 6) is 0.396. The predicted octanol–water partition coefficient (Wildman–Crippen LogP) is 0.939. The molecule has 0 spiro atoms. The molecule has 2 aromatic rings. The topological polar surface area (TPSA) is 66.6 Å². The number of quaternary nitrogens is 1. The number of hydrogen-bond acceptors (Lipinski definition) is 3. The van der Waals surface area contributed by atoms with Crippen LogP contribution in [0.15, 0.2) is 54.6 Å². The van der Waals surface area contributed by atoms with Crippen molar-refractivity contribution in [3.63, 3.8) is 0 Å². The van der Waals surface area contributed by atoms with Gasteiger partial charge in [0.15, 0.2) is 6.61 Å². The molecule has 1 amide bonds. The number of nitrogens with zero attached hydrogens (tertiary/aromatic N) is 1. The Morgan fingerprint density at radius 1 is 1.17 bits per heavy atom. The van der Waals surface area contributed by atoms with Crippen molar-refractivity contribution >= 4 is 5.91 Å². The van der Waals surface area contributed by atoms with Crippen LogP contribution in [0.2, 0.25) is 0 Å². The Morgan fingerprint density at radius 3 is 2.42 bits per heavy atom. The van der Waals surface area contributed by atoms with Gasteiger partial charge in [-0.15, -0.1) is 0 Å². The second kappa shape index (κ2) is 8.70. The highest BCUT2D eigenvalue weighted by molar-refractivity contribution is 5.78. The molecule has 0 saturated carbocycles. The molecule has 124 valence electrons. The molecule has 24 heavy (non-hydrogen) atoms. The van der Waals surface area contributed by atoms with E-state index in [9.17, 15) is 4.79 Å². The number of hydrogen-bond donors (Lipinski definition) is 2. The number of carbonyl (C=O) groups excluding carboxylic acids is 1. The number of nitriles is 1. The fourth-order valence-corrected chi connectivity index (χ4v) is 2.36. The van der Waals surface area contributed by atoms with Crippen molar-refractivity contribution in [1.82, 2.24) is 5.32 Å². The van der Waals surface area contributed by atoms with Gasteiger partial charge in [0.2, 0.25) is 0 Å². The van der Waals surface area contributed by atoms with Crippen LogP contribution in [0.1, 0.15) is 17.2 Å². The lowest BCUT2D eigenvalue weighted by atomic mass is 10.1. The minimum atomic E-state index is -0.172. The van der Waals surface area contributed by atoms with Crippen LogP contribution in [0, 0.1) is 11.3 Å². The third-order valence-electron chi connectivity index (χ3n) is 3.50. The highest BCUT2D eigenvalue weighted by atomic mass is 16.5. The first-order valence-electron chi connectivity index (χ1n) is 7.85. The summed E-state index contributed by atoms with van der Waals surface area (Å²) >= 11 is 0. The van der Waals surface area contributed by atoms with E-state index in [2.05, 4.69) is 19.4 Å². The second-order valence-electron chi connectivity index (χ2n) is 5.87. The van der Waals surface area contributed by atoms with E-state index in [1.165, 1.54) is 4.90 Å². The maximum Gasteiger partial charge on any atom is 0.258 e. The number of ether oxygens (including phenoxy) is 1. The maximum absolute atomic E-state index is 12.2. The molecule has 0 heterocycles. The third kappa shape index (κ3) is 5.41. The Balaban J connectivity index is 1.93. The van der Waals surface area contributed by atoms with Gasteiger partial charge < -0.3 is 15.0 Å². The summed E-state index contributed by atoms with van der Waals surface area (Å²) in [7, 11) is 4.10. The zero-order chi connectivity index (χ0) is 17.4. The van der Waals surface area contributed by atoms with Crippen LogP contribution in [0.5, 0.6) is 5.75 Å². The number of nitrogens with one attached hydrogen (secondary N) is 2. The van der Waals surface area contributed by atoms with Crippen LogP contribution in [0.3, 0.4) is 0 Å². The number of likely N-dealkylation sites (N-methyl/N-ethyl adjacent to an activating group) is 1. The van der Waals surface area contributed by atoms with Crippen molar-refractivity contribution in [1.29, 1.82) is 5.26 Å². The molecule has 0 bridgehead atoms. The van der Waals surface area contributed by atoms with Gasteiger partial charge >= 0.3 is 0 Å². The van der Waals surface area contributed by atoms with Gasteiger partial charge in [-0.2, -0.15) is 5.26 Å². The van der Waals surface area contributed by atoms with Crippen molar-refractivity contribution in [2.24, 2.45) is 0 Å². The first kappa shape index (κ1) is 17.5. The smallest absolute Gasteiger partial charge is 0.258 e. The zero-order valence-electron chi connectivity index (χ0n) is 14.0. The molecule has 0 aliphatic rings. The van der Waals surface area contributed by atoms with E-state index in [1.807, 2.05) is 36.4 Å². The summed E-state index contributed by atoms with van der Waals surface area (Å²) in [5, 5.41) is 11.8. The van der Waals surface area contributed by atoms with Gasteiger partial charge in [-0.25, -0.2) is 0 Å². The average Bonchev–Trinajstić information content (AvgIpc) is 2.60. The lowest BCUT2D eigenvalue weighted by Gasteiger charge is -2.21. The Morgan fingerprint density at radius 2 is 1.83 bits per heavy atom. The van der Waals surface area contributed by atoms with Gasteiger partial charge in [0.05, 0.1) is 25.7 Å². The van der Waals surface area contributed by atoms with Crippen molar-refractivity contribution in [2.75, 3.05) is 27.2 Å². The second-order valence-corrected chi connectivity index (χ2v) is 5.87. The lowest BCUT2D eigenvalue weighted by Crippen LogP contribution is -3.06. The number of carbonyl (C=O) groups is 1.